The molecule has 3 aromatic rings. The topological polar surface area (TPSA) is 70.6 Å². The van der Waals surface area contributed by atoms with Gasteiger partial charge < -0.3 is 20.5 Å². The second-order valence-electron chi connectivity index (χ2n) is 9.72. The molecule has 2 atom stereocenters. The lowest BCUT2D eigenvalue weighted by Crippen LogP contribution is -2.47. The van der Waals surface area contributed by atoms with Crippen LogP contribution in [-0.4, -0.2) is 41.7 Å². The number of thiophene rings is 1. The Kier molecular flexibility index (Phi) is 10.8. The van der Waals surface area contributed by atoms with Crippen molar-refractivity contribution >= 4 is 29.0 Å². The van der Waals surface area contributed by atoms with Crippen molar-refractivity contribution in [3.05, 3.63) is 82.0 Å². The highest BCUT2D eigenvalue weighted by Crippen LogP contribution is 2.31. The van der Waals surface area contributed by atoms with E-state index >= 15 is 0 Å². The van der Waals surface area contributed by atoms with Gasteiger partial charge in [0.05, 0.1) is 12.7 Å². The van der Waals surface area contributed by atoms with Gasteiger partial charge in [-0.1, -0.05) is 49.6 Å². The van der Waals surface area contributed by atoms with Crippen LogP contribution in [0.5, 0.6) is 11.5 Å². The van der Waals surface area contributed by atoms with Crippen LogP contribution in [0.15, 0.2) is 66.0 Å². The minimum Gasteiger partial charge on any atom is -0.507 e. The van der Waals surface area contributed by atoms with E-state index in [1.165, 1.54) is 42.5 Å². The van der Waals surface area contributed by atoms with Crippen LogP contribution in [0.25, 0.3) is 0 Å². The van der Waals surface area contributed by atoms with Crippen molar-refractivity contribution < 1.29 is 14.6 Å². The first-order valence-corrected chi connectivity index (χ1v) is 15.1. The summed E-state index contributed by atoms with van der Waals surface area (Å²) in [4.78, 5) is 14.2. The summed E-state index contributed by atoms with van der Waals surface area (Å²) in [6, 6.07) is 19.3. The number of hydrogen-bond acceptors (Lipinski definition) is 6. The fourth-order valence-electron chi connectivity index (χ4n) is 4.87. The molecule has 37 heavy (non-hydrogen) atoms. The number of thioether (sulfide) groups is 1. The lowest BCUT2D eigenvalue weighted by Gasteiger charge is -2.30. The highest BCUT2D eigenvalue weighted by molar-refractivity contribution is 7.99. The summed E-state index contributed by atoms with van der Waals surface area (Å²) in [6.07, 6.45) is 7.57. The average Bonchev–Trinajstić information content (AvgIpc) is 3.46. The molecule has 198 valence electrons. The summed E-state index contributed by atoms with van der Waals surface area (Å²) < 4.78 is 5.36. The predicted octanol–water partition coefficient (Wildman–Crippen LogP) is 6.28. The van der Waals surface area contributed by atoms with Crippen LogP contribution in [0, 0.1) is 5.92 Å². The highest BCUT2D eigenvalue weighted by Gasteiger charge is 2.26. The van der Waals surface area contributed by atoms with E-state index in [2.05, 4.69) is 40.3 Å². The van der Waals surface area contributed by atoms with Gasteiger partial charge in [0.2, 0.25) is 0 Å². The van der Waals surface area contributed by atoms with Gasteiger partial charge in [0.25, 0.3) is 5.91 Å². The summed E-state index contributed by atoms with van der Waals surface area (Å²) >= 11 is 3.78. The van der Waals surface area contributed by atoms with Gasteiger partial charge in [-0.3, -0.25) is 4.79 Å². The molecule has 0 aliphatic heterocycles. The third-order valence-electron chi connectivity index (χ3n) is 7.07. The molecule has 3 N–H and O–H groups in total. The number of benzene rings is 2. The molecule has 2 unspecified atom stereocenters. The molecule has 1 aromatic heterocycles. The summed E-state index contributed by atoms with van der Waals surface area (Å²) in [6.45, 7) is 1.24. The Morgan fingerprint density at radius 2 is 1.86 bits per heavy atom. The van der Waals surface area contributed by atoms with Crippen molar-refractivity contribution in [1.82, 2.24) is 10.6 Å². The number of methoxy groups -OCH3 is 1. The molecule has 0 radical (unpaired) electrons. The van der Waals surface area contributed by atoms with Gasteiger partial charge in [0, 0.05) is 29.3 Å². The minimum absolute atomic E-state index is 0.00421. The van der Waals surface area contributed by atoms with Gasteiger partial charge in [-0.05, 0) is 72.2 Å². The third-order valence-corrected chi connectivity index (χ3v) is 9.53. The fourth-order valence-corrected chi connectivity index (χ4v) is 7.11. The quantitative estimate of drug-likeness (QED) is 0.239. The Morgan fingerprint density at radius 3 is 2.57 bits per heavy atom. The smallest absolute Gasteiger partial charge is 0.255 e. The molecule has 0 bridgehead atoms. The average molecular weight is 539 g/mol. The zero-order chi connectivity index (χ0) is 25.9. The molecule has 0 spiro atoms. The number of hydrogen-bond donors (Lipinski definition) is 3. The Balaban J connectivity index is 1.50. The van der Waals surface area contributed by atoms with Gasteiger partial charge in [-0.25, -0.2) is 0 Å². The van der Waals surface area contributed by atoms with Gasteiger partial charge in [-0.15, -0.1) is 11.3 Å². The maximum Gasteiger partial charge on any atom is 0.255 e. The molecular weight excluding hydrogens is 500 g/mol. The summed E-state index contributed by atoms with van der Waals surface area (Å²) in [5.74, 6) is 2.53. The number of phenolic OH excluding ortho intramolecular Hbond substituents is 1. The monoisotopic (exact) mass is 538 g/mol. The van der Waals surface area contributed by atoms with E-state index in [1.54, 1.807) is 42.7 Å². The fraction of sp³-hybridized carbons (Fsp3) is 0.433. The second kappa shape index (κ2) is 14.5. The standard InChI is InChI=1S/C30H38N2O3S2/c1-35-24-15-13-22(14-16-24)18-29(37-21-23-8-3-2-4-9-23)27(31-19-25-10-7-17-36-25)20-32-30(34)26-11-5-6-12-28(26)33/h5-7,10-17,23,27,29,31,33H,2-4,8-9,18-21H2,1H3,(H,32,34). The van der Waals surface area contributed by atoms with Crippen LogP contribution in [0.2, 0.25) is 0 Å². The molecule has 0 saturated heterocycles. The minimum atomic E-state index is -0.249. The molecule has 7 heteroatoms. The molecule has 1 fully saturated rings. The van der Waals surface area contributed by atoms with Gasteiger partial charge in [0.1, 0.15) is 11.5 Å². The lowest BCUT2D eigenvalue weighted by atomic mass is 9.91. The van der Waals surface area contributed by atoms with Crippen molar-refractivity contribution in [3.63, 3.8) is 0 Å². The number of para-hydroxylation sites is 1. The molecule has 1 heterocycles. The van der Waals surface area contributed by atoms with E-state index in [9.17, 15) is 9.90 Å². The number of carbonyl (C=O) groups excluding carboxylic acids is 1. The summed E-state index contributed by atoms with van der Waals surface area (Å²) in [5, 5.41) is 19.4. The maximum absolute atomic E-state index is 12.9. The zero-order valence-electron chi connectivity index (χ0n) is 21.5. The van der Waals surface area contributed by atoms with E-state index in [0.717, 1.165) is 30.4 Å². The first-order chi connectivity index (χ1) is 18.1. The summed E-state index contributed by atoms with van der Waals surface area (Å²) in [7, 11) is 1.69. The number of carbonyl (C=O) groups is 1. The molecule has 5 nitrogen and oxygen atoms in total. The number of ether oxygens (including phenoxy) is 1. The van der Waals surface area contributed by atoms with Gasteiger partial charge >= 0.3 is 0 Å². The largest absolute Gasteiger partial charge is 0.507 e. The molecule has 4 rings (SSSR count). The molecule has 1 saturated carbocycles. The molecular formula is C30H38N2O3S2. The lowest BCUT2D eigenvalue weighted by molar-refractivity contribution is 0.0946. The Morgan fingerprint density at radius 1 is 1.08 bits per heavy atom. The van der Waals surface area contributed by atoms with Crippen molar-refractivity contribution in [1.29, 1.82) is 0 Å². The Hall–Kier alpha value is -2.48. The first-order valence-electron chi connectivity index (χ1n) is 13.2. The normalized spacial score (nSPS) is 15.7. The van der Waals surface area contributed by atoms with Crippen LogP contribution >= 0.6 is 23.1 Å². The van der Waals surface area contributed by atoms with Crippen LogP contribution < -0.4 is 15.4 Å². The van der Waals surface area contributed by atoms with E-state index in [1.807, 2.05) is 23.9 Å². The summed E-state index contributed by atoms with van der Waals surface area (Å²) in [5.41, 5.74) is 1.57. The Labute approximate surface area is 229 Å². The van der Waals surface area contributed by atoms with Crippen molar-refractivity contribution in [2.75, 3.05) is 19.4 Å². The van der Waals surface area contributed by atoms with E-state index in [0.29, 0.717) is 12.1 Å². The first kappa shape index (κ1) is 27.6. The molecule has 1 aliphatic carbocycles. The number of nitrogens with one attached hydrogen (secondary N) is 2. The van der Waals surface area contributed by atoms with E-state index in [4.69, 9.17) is 4.74 Å². The number of phenols is 1. The Bertz CT molecular complexity index is 1080. The number of rotatable bonds is 13. The SMILES string of the molecule is COc1ccc(CC(SCC2CCCCC2)C(CNC(=O)c2ccccc2O)NCc2cccs2)cc1. The van der Waals surface area contributed by atoms with Crippen molar-refractivity contribution in [2.24, 2.45) is 5.92 Å². The van der Waals surface area contributed by atoms with Crippen LogP contribution in [0.1, 0.15) is 52.9 Å². The zero-order valence-corrected chi connectivity index (χ0v) is 23.2. The number of amides is 1. The van der Waals surface area contributed by atoms with Crippen molar-refractivity contribution in [3.8, 4) is 11.5 Å². The maximum atomic E-state index is 12.9. The van der Waals surface area contributed by atoms with Crippen LogP contribution in [-0.2, 0) is 13.0 Å². The molecule has 1 aliphatic rings. The van der Waals surface area contributed by atoms with E-state index < -0.39 is 0 Å². The second-order valence-corrected chi connectivity index (χ2v) is 12.0. The number of aromatic hydroxyl groups is 1. The van der Waals surface area contributed by atoms with Crippen LogP contribution in [0.3, 0.4) is 0 Å². The molecule has 1 amide bonds. The third kappa shape index (κ3) is 8.52. The van der Waals surface area contributed by atoms with Gasteiger partial charge in [-0.2, -0.15) is 11.8 Å². The van der Waals surface area contributed by atoms with Crippen molar-refractivity contribution in [2.45, 2.75) is 56.4 Å². The van der Waals surface area contributed by atoms with Gasteiger partial charge in [0.15, 0.2) is 0 Å². The predicted molar refractivity (Wildman–Crippen MR) is 155 cm³/mol. The van der Waals surface area contributed by atoms with E-state index in [-0.39, 0.29) is 22.9 Å². The molecule has 2 aromatic carbocycles. The van der Waals surface area contributed by atoms with Crippen LogP contribution in [0.4, 0.5) is 0 Å². The highest BCUT2D eigenvalue weighted by atomic mass is 32.2.